The molecule has 1 fully saturated rings. The van der Waals surface area contributed by atoms with Gasteiger partial charge in [-0.25, -0.2) is 4.79 Å². The third-order valence-electron chi connectivity index (χ3n) is 5.83. The number of hydrogen-bond acceptors (Lipinski definition) is 6. The van der Waals surface area contributed by atoms with Gasteiger partial charge >= 0.3 is 5.69 Å². The van der Waals surface area contributed by atoms with Gasteiger partial charge < -0.3 is 14.5 Å². The highest BCUT2D eigenvalue weighted by molar-refractivity contribution is 5.98. The van der Waals surface area contributed by atoms with Gasteiger partial charge in [-0.1, -0.05) is 12.1 Å². The smallest absolute Gasteiger partial charge is 0.329 e. The number of ether oxygens (including phenoxy) is 2. The number of nitrogens with one attached hydrogen (secondary N) is 1. The maximum atomic E-state index is 12.9. The number of nitrogens with zero attached hydrogens (tertiary/aromatic N) is 2. The number of carbonyl (C=O) groups excluding carboxylic acids is 1. The number of carbonyl (C=O) groups is 1. The van der Waals surface area contributed by atoms with Crippen LogP contribution in [0, 0.1) is 0 Å². The van der Waals surface area contributed by atoms with Crippen molar-refractivity contribution in [1.29, 1.82) is 0 Å². The van der Waals surface area contributed by atoms with E-state index in [1.165, 1.54) is 11.7 Å². The number of aromatic amines is 1. The number of H-pyrrole nitrogens is 1. The molecule has 0 radical (unpaired) electrons. The standard InChI is InChI=1S/C23H25N3O5/c1-30-20-8-7-15(13-21(20)31-2)19(27)14-25-11-9-16(10-12-25)26-22(28)17-5-3-4-6-18(17)24-23(26)29/h3-8,13,16H,9-12,14H2,1-2H3,(H,24,29). The van der Waals surface area contributed by atoms with E-state index >= 15 is 0 Å². The number of methoxy groups -OCH3 is 2. The Morgan fingerprint density at radius 3 is 2.45 bits per heavy atom. The first-order valence-electron chi connectivity index (χ1n) is 10.2. The van der Waals surface area contributed by atoms with E-state index in [9.17, 15) is 14.4 Å². The van der Waals surface area contributed by atoms with E-state index in [1.807, 2.05) is 0 Å². The van der Waals surface area contributed by atoms with E-state index in [4.69, 9.17) is 9.47 Å². The SMILES string of the molecule is COc1ccc(C(=O)CN2CCC(n3c(=O)[nH]c4ccccc4c3=O)CC2)cc1OC. The number of benzene rings is 2. The van der Waals surface area contributed by atoms with E-state index < -0.39 is 0 Å². The Bertz CT molecular complexity index is 1220. The molecule has 2 aromatic carbocycles. The van der Waals surface area contributed by atoms with Gasteiger partial charge in [0.2, 0.25) is 0 Å². The van der Waals surface area contributed by atoms with Gasteiger partial charge in [-0.15, -0.1) is 0 Å². The van der Waals surface area contributed by atoms with Gasteiger partial charge in [-0.3, -0.25) is 19.1 Å². The second kappa shape index (κ2) is 8.77. The van der Waals surface area contributed by atoms with Crippen LogP contribution in [0.1, 0.15) is 29.2 Å². The molecule has 31 heavy (non-hydrogen) atoms. The number of hydrogen-bond donors (Lipinski definition) is 1. The highest BCUT2D eigenvalue weighted by Crippen LogP contribution is 2.28. The number of Topliss-reactive ketones (excluding diaryl/α,β-unsaturated/α-hetero) is 1. The van der Waals surface area contributed by atoms with Crippen LogP contribution in [0.2, 0.25) is 0 Å². The zero-order chi connectivity index (χ0) is 22.0. The number of para-hydroxylation sites is 1. The van der Waals surface area contributed by atoms with Crippen molar-refractivity contribution in [3.63, 3.8) is 0 Å². The number of piperidine rings is 1. The summed E-state index contributed by atoms with van der Waals surface area (Å²) >= 11 is 0. The van der Waals surface area contributed by atoms with Gasteiger partial charge in [0.25, 0.3) is 5.56 Å². The summed E-state index contributed by atoms with van der Waals surface area (Å²) in [7, 11) is 3.09. The van der Waals surface area contributed by atoms with Crippen LogP contribution in [0.15, 0.2) is 52.1 Å². The van der Waals surface area contributed by atoms with Crippen LogP contribution >= 0.6 is 0 Å². The highest BCUT2D eigenvalue weighted by atomic mass is 16.5. The minimum atomic E-state index is -0.386. The molecule has 0 aliphatic carbocycles. The van der Waals surface area contributed by atoms with Crippen molar-refractivity contribution >= 4 is 16.7 Å². The van der Waals surface area contributed by atoms with Gasteiger partial charge in [0.05, 0.1) is 31.7 Å². The Morgan fingerprint density at radius 1 is 1.03 bits per heavy atom. The molecule has 162 valence electrons. The molecule has 8 nitrogen and oxygen atoms in total. The zero-order valence-electron chi connectivity index (χ0n) is 17.6. The normalized spacial score (nSPS) is 15.2. The first kappa shape index (κ1) is 20.9. The summed E-state index contributed by atoms with van der Waals surface area (Å²) in [5.74, 6) is 1.08. The van der Waals surface area contributed by atoms with Crippen molar-refractivity contribution in [2.75, 3.05) is 33.9 Å². The Morgan fingerprint density at radius 2 is 1.74 bits per heavy atom. The molecule has 2 heterocycles. The highest BCUT2D eigenvalue weighted by Gasteiger charge is 2.25. The predicted octanol–water partition coefficient (Wildman–Crippen LogP) is 2.23. The van der Waals surface area contributed by atoms with Gasteiger partial charge in [0, 0.05) is 24.7 Å². The largest absolute Gasteiger partial charge is 0.493 e. The first-order valence-corrected chi connectivity index (χ1v) is 10.2. The van der Waals surface area contributed by atoms with Gasteiger partial charge in [0.1, 0.15) is 0 Å². The molecule has 1 aliphatic rings. The van der Waals surface area contributed by atoms with E-state index in [0.717, 1.165) is 0 Å². The molecule has 0 atom stereocenters. The molecule has 1 N–H and O–H groups in total. The maximum Gasteiger partial charge on any atom is 0.329 e. The number of likely N-dealkylation sites (tertiary alicyclic amines) is 1. The summed E-state index contributed by atoms with van der Waals surface area (Å²) in [5, 5.41) is 0.508. The van der Waals surface area contributed by atoms with Crippen molar-refractivity contribution in [3.8, 4) is 11.5 Å². The summed E-state index contributed by atoms with van der Waals surface area (Å²) in [6.07, 6.45) is 1.25. The summed E-state index contributed by atoms with van der Waals surface area (Å²) in [6, 6.07) is 12.0. The van der Waals surface area contributed by atoms with Crippen LogP contribution in [0.5, 0.6) is 11.5 Å². The van der Waals surface area contributed by atoms with Crippen LogP contribution in [0.3, 0.4) is 0 Å². The monoisotopic (exact) mass is 423 g/mol. The maximum absolute atomic E-state index is 12.9. The fraction of sp³-hybridized carbons (Fsp3) is 0.348. The van der Waals surface area contributed by atoms with Crippen LogP contribution in [-0.4, -0.2) is 54.1 Å². The molecule has 0 bridgehead atoms. The summed E-state index contributed by atoms with van der Waals surface area (Å²) in [4.78, 5) is 43.0. The topological polar surface area (TPSA) is 93.6 Å². The molecular weight excluding hydrogens is 398 g/mol. The Balaban J connectivity index is 1.45. The summed E-state index contributed by atoms with van der Waals surface area (Å²) in [5.41, 5.74) is 0.455. The minimum absolute atomic E-state index is 0.0138. The van der Waals surface area contributed by atoms with Crippen LogP contribution in [0.4, 0.5) is 0 Å². The third kappa shape index (κ3) is 4.11. The Hall–Kier alpha value is -3.39. The van der Waals surface area contributed by atoms with E-state index in [0.29, 0.717) is 53.9 Å². The molecule has 4 rings (SSSR count). The van der Waals surface area contributed by atoms with Gasteiger partial charge in [-0.05, 0) is 43.2 Å². The fourth-order valence-electron chi connectivity index (χ4n) is 4.15. The van der Waals surface area contributed by atoms with Crippen LogP contribution in [0.25, 0.3) is 10.9 Å². The van der Waals surface area contributed by atoms with Crippen molar-refractivity contribution < 1.29 is 14.3 Å². The lowest BCUT2D eigenvalue weighted by Gasteiger charge is -2.32. The van der Waals surface area contributed by atoms with Crippen molar-refractivity contribution in [1.82, 2.24) is 14.5 Å². The molecule has 8 heteroatoms. The van der Waals surface area contributed by atoms with E-state index in [1.54, 1.807) is 49.6 Å². The quantitative estimate of drug-likeness (QED) is 0.611. The number of ketones is 1. The number of fused-ring (bicyclic) bond motifs is 1. The lowest BCUT2D eigenvalue weighted by atomic mass is 10.0. The first-order chi connectivity index (χ1) is 15.0. The molecule has 1 saturated heterocycles. The third-order valence-corrected chi connectivity index (χ3v) is 5.83. The Labute approximate surface area is 179 Å². The second-order valence-electron chi connectivity index (χ2n) is 7.65. The molecular formula is C23H25N3O5. The molecule has 0 spiro atoms. The van der Waals surface area contributed by atoms with Crippen molar-refractivity contribution in [2.24, 2.45) is 0 Å². The van der Waals surface area contributed by atoms with Crippen molar-refractivity contribution in [3.05, 3.63) is 68.9 Å². The van der Waals surface area contributed by atoms with E-state index in [2.05, 4.69) is 9.88 Å². The fourth-order valence-corrected chi connectivity index (χ4v) is 4.15. The summed E-state index contributed by atoms with van der Waals surface area (Å²) < 4.78 is 11.8. The second-order valence-corrected chi connectivity index (χ2v) is 7.65. The Kier molecular flexibility index (Phi) is 5.90. The minimum Gasteiger partial charge on any atom is -0.493 e. The average molecular weight is 423 g/mol. The predicted molar refractivity (Wildman–Crippen MR) is 117 cm³/mol. The van der Waals surface area contributed by atoms with Crippen LogP contribution < -0.4 is 20.7 Å². The number of aromatic nitrogens is 2. The molecule has 0 saturated carbocycles. The number of rotatable bonds is 6. The lowest BCUT2D eigenvalue weighted by Crippen LogP contribution is -2.44. The van der Waals surface area contributed by atoms with Gasteiger partial charge in [-0.2, -0.15) is 0 Å². The molecule has 1 aromatic heterocycles. The van der Waals surface area contributed by atoms with Crippen molar-refractivity contribution in [2.45, 2.75) is 18.9 Å². The molecule has 3 aromatic rings. The zero-order valence-corrected chi connectivity index (χ0v) is 17.6. The average Bonchev–Trinajstić information content (AvgIpc) is 2.79. The van der Waals surface area contributed by atoms with E-state index in [-0.39, 0.29) is 29.6 Å². The summed E-state index contributed by atoms with van der Waals surface area (Å²) in [6.45, 7) is 1.52. The molecule has 0 amide bonds. The molecule has 1 aliphatic heterocycles. The van der Waals surface area contributed by atoms with Crippen LogP contribution in [-0.2, 0) is 0 Å². The lowest BCUT2D eigenvalue weighted by molar-refractivity contribution is 0.0896. The molecule has 0 unspecified atom stereocenters. The van der Waals surface area contributed by atoms with Gasteiger partial charge in [0.15, 0.2) is 17.3 Å².